The van der Waals surface area contributed by atoms with Crippen LogP contribution in [0.1, 0.15) is 23.6 Å². The van der Waals surface area contributed by atoms with Crippen LogP contribution >= 0.6 is 12.2 Å². The van der Waals surface area contributed by atoms with E-state index in [1.807, 2.05) is 12.1 Å². The molecule has 0 amide bonds. The molecule has 6 nitrogen and oxygen atoms in total. The first-order valence-electron chi connectivity index (χ1n) is 9.19. The normalized spacial score (nSPS) is 15.6. The van der Waals surface area contributed by atoms with Crippen molar-refractivity contribution in [2.24, 2.45) is 0 Å². The molecule has 0 radical (unpaired) electrons. The summed E-state index contributed by atoms with van der Waals surface area (Å²) in [4.78, 5) is 2.60. The van der Waals surface area contributed by atoms with Gasteiger partial charge in [0.25, 0.3) is 10.7 Å². The summed E-state index contributed by atoms with van der Waals surface area (Å²) in [6.07, 6.45) is 2.20. The number of methoxy groups -OCH3 is 2. The Labute approximate surface area is 169 Å². The van der Waals surface area contributed by atoms with Crippen molar-refractivity contribution in [2.75, 3.05) is 21.3 Å². The molecule has 0 spiro atoms. The summed E-state index contributed by atoms with van der Waals surface area (Å²) in [5.74, 6) is 1.77. The first-order valence-corrected chi connectivity index (χ1v) is 9.60. The number of benzene rings is 2. The number of aromatic nitrogens is 2. The number of hydrogen-bond donors (Lipinski definition) is 0. The third-order valence-electron chi connectivity index (χ3n) is 5.24. The maximum absolute atomic E-state index is 5.77. The first kappa shape index (κ1) is 18.7. The van der Waals surface area contributed by atoms with Gasteiger partial charge in [-0.3, -0.25) is 4.90 Å². The highest BCUT2D eigenvalue weighted by molar-refractivity contribution is 7.71. The zero-order chi connectivity index (χ0) is 19.7. The van der Waals surface area contributed by atoms with Gasteiger partial charge in [-0.15, -0.1) is 5.10 Å². The van der Waals surface area contributed by atoms with Gasteiger partial charge in [-0.2, -0.15) is 0 Å². The van der Waals surface area contributed by atoms with Crippen LogP contribution in [0.25, 0.3) is 11.5 Å². The SMILES string of the molecule is COc1ccc(-c2nn(CN(C)C3CCc4ccccc43)c(=S)o2)c(OC)c1. The minimum absolute atomic E-state index is 0.339. The molecule has 0 N–H and O–H groups in total. The van der Waals surface area contributed by atoms with E-state index in [4.69, 9.17) is 26.1 Å². The second-order valence-corrected chi connectivity index (χ2v) is 7.24. The van der Waals surface area contributed by atoms with Crippen molar-refractivity contribution in [3.05, 3.63) is 58.4 Å². The van der Waals surface area contributed by atoms with Crippen molar-refractivity contribution in [1.82, 2.24) is 14.7 Å². The summed E-state index contributed by atoms with van der Waals surface area (Å²) in [5.41, 5.74) is 3.55. The first-order chi connectivity index (χ1) is 13.6. The van der Waals surface area contributed by atoms with E-state index in [-0.39, 0.29) is 0 Å². The predicted molar refractivity (Wildman–Crippen MR) is 109 cm³/mol. The van der Waals surface area contributed by atoms with Gasteiger partial charge in [0.2, 0.25) is 0 Å². The molecule has 0 bridgehead atoms. The van der Waals surface area contributed by atoms with Crippen LogP contribution in [0, 0.1) is 4.84 Å². The van der Waals surface area contributed by atoms with Crippen molar-refractivity contribution in [3.63, 3.8) is 0 Å². The van der Waals surface area contributed by atoms with Crippen molar-refractivity contribution in [3.8, 4) is 23.0 Å². The number of aryl methyl sites for hydroxylation is 1. The number of ether oxygens (including phenoxy) is 2. The Hall–Kier alpha value is -2.64. The van der Waals surface area contributed by atoms with Crippen LogP contribution in [-0.4, -0.2) is 35.9 Å². The molecule has 0 fully saturated rings. The second-order valence-electron chi connectivity index (χ2n) is 6.89. The Balaban J connectivity index is 1.58. The average Bonchev–Trinajstić information content (AvgIpc) is 3.31. The topological polar surface area (TPSA) is 52.7 Å². The fourth-order valence-electron chi connectivity index (χ4n) is 3.78. The van der Waals surface area contributed by atoms with Gasteiger partial charge in [0.15, 0.2) is 0 Å². The second kappa shape index (κ2) is 7.77. The molecule has 1 aromatic heterocycles. The minimum atomic E-state index is 0.339. The summed E-state index contributed by atoms with van der Waals surface area (Å²) in [6, 6.07) is 14.5. The molecule has 1 atom stereocenters. The van der Waals surface area contributed by atoms with Crippen molar-refractivity contribution >= 4 is 12.2 Å². The van der Waals surface area contributed by atoms with Gasteiger partial charge in [0.05, 0.1) is 26.5 Å². The monoisotopic (exact) mass is 397 g/mol. The fourth-order valence-corrected chi connectivity index (χ4v) is 3.96. The number of nitrogens with zero attached hydrogens (tertiary/aromatic N) is 3. The summed E-state index contributed by atoms with van der Waals surface area (Å²) in [7, 11) is 5.32. The zero-order valence-corrected chi connectivity index (χ0v) is 17.0. The van der Waals surface area contributed by atoms with E-state index in [1.165, 1.54) is 11.1 Å². The molecular formula is C21H23N3O3S. The third-order valence-corrected chi connectivity index (χ3v) is 5.53. The van der Waals surface area contributed by atoms with Crippen molar-refractivity contribution in [2.45, 2.75) is 25.6 Å². The molecule has 4 rings (SSSR count). The Bertz CT molecular complexity index is 1040. The van der Waals surface area contributed by atoms with E-state index < -0.39 is 0 Å². The average molecular weight is 398 g/mol. The van der Waals surface area contributed by atoms with E-state index in [2.05, 4.69) is 41.3 Å². The molecular weight excluding hydrogens is 374 g/mol. The van der Waals surface area contributed by atoms with Crippen LogP contribution in [0.2, 0.25) is 0 Å². The summed E-state index contributed by atoms with van der Waals surface area (Å²) in [6.45, 7) is 0.555. The Kier molecular flexibility index (Phi) is 5.19. The molecule has 1 aliphatic rings. The minimum Gasteiger partial charge on any atom is -0.497 e. The van der Waals surface area contributed by atoms with Crippen molar-refractivity contribution < 1.29 is 13.9 Å². The molecule has 7 heteroatoms. The molecule has 0 saturated carbocycles. The van der Waals surface area contributed by atoms with Crippen LogP contribution in [0.5, 0.6) is 11.5 Å². The Morgan fingerprint density at radius 1 is 1.21 bits per heavy atom. The van der Waals surface area contributed by atoms with Crippen LogP contribution < -0.4 is 9.47 Å². The highest BCUT2D eigenvalue weighted by Gasteiger charge is 2.26. The summed E-state index contributed by atoms with van der Waals surface area (Å²) >= 11 is 5.41. The lowest BCUT2D eigenvalue weighted by Gasteiger charge is -2.24. The van der Waals surface area contributed by atoms with Crippen LogP contribution in [0.3, 0.4) is 0 Å². The quantitative estimate of drug-likeness (QED) is 0.572. The molecule has 1 unspecified atom stereocenters. The van der Waals surface area contributed by atoms with Gasteiger partial charge in [-0.25, -0.2) is 4.68 Å². The smallest absolute Gasteiger partial charge is 0.288 e. The molecule has 1 heterocycles. The lowest BCUT2D eigenvalue weighted by Crippen LogP contribution is -2.26. The largest absolute Gasteiger partial charge is 0.497 e. The molecule has 146 valence electrons. The summed E-state index contributed by atoms with van der Waals surface area (Å²) in [5, 5.41) is 4.59. The summed E-state index contributed by atoms with van der Waals surface area (Å²) < 4.78 is 18.2. The number of fused-ring (bicyclic) bond motifs is 1. The highest BCUT2D eigenvalue weighted by Crippen LogP contribution is 2.36. The van der Waals surface area contributed by atoms with E-state index in [9.17, 15) is 0 Å². The molecule has 0 saturated heterocycles. The lowest BCUT2D eigenvalue weighted by molar-refractivity contribution is 0.180. The van der Waals surface area contributed by atoms with Crippen molar-refractivity contribution in [1.29, 1.82) is 0 Å². The molecule has 0 aliphatic heterocycles. The van der Waals surface area contributed by atoms with Crippen LogP contribution in [0.15, 0.2) is 46.9 Å². The fraction of sp³-hybridized carbons (Fsp3) is 0.333. The maximum Gasteiger partial charge on any atom is 0.288 e. The van der Waals surface area contributed by atoms with E-state index in [0.29, 0.717) is 34.9 Å². The Morgan fingerprint density at radius 2 is 2.04 bits per heavy atom. The zero-order valence-electron chi connectivity index (χ0n) is 16.2. The maximum atomic E-state index is 5.77. The van der Waals surface area contributed by atoms with Gasteiger partial charge in [0.1, 0.15) is 11.5 Å². The predicted octanol–water partition coefficient (Wildman–Crippen LogP) is 4.47. The van der Waals surface area contributed by atoms with Gasteiger partial charge in [-0.1, -0.05) is 24.3 Å². The molecule has 2 aromatic carbocycles. The van der Waals surface area contributed by atoms with Gasteiger partial charge in [0, 0.05) is 12.1 Å². The van der Waals surface area contributed by atoms with Gasteiger partial charge in [-0.05, 0) is 55.4 Å². The number of hydrogen-bond acceptors (Lipinski definition) is 6. The van der Waals surface area contributed by atoms with Gasteiger partial charge >= 0.3 is 0 Å². The molecule has 28 heavy (non-hydrogen) atoms. The molecule has 1 aliphatic carbocycles. The standard InChI is InChI=1S/C21H23N3O3S/c1-23(18-11-8-14-6-4-5-7-16(14)18)13-24-21(28)27-20(22-24)17-10-9-15(25-2)12-19(17)26-3/h4-7,9-10,12,18H,8,11,13H2,1-3H3. The van der Waals surface area contributed by atoms with Crippen LogP contribution in [-0.2, 0) is 13.1 Å². The van der Waals surface area contributed by atoms with Gasteiger partial charge < -0.3 is 13.9 Å². The Morgan fingerprint density at radius 3 is 2.82 bits per heavy atom. The van der Waals surface area contributed by atoms with E-state index in [0.717, 1.165) is 18.4 Å². The highest BCUT2D eigenvalue weighted by atomic mass is 32.1. The lowest BCUT2D eigenvalue weighted by atomic mass is 10.1. The van der Waals surface area contributed by atoms with E-state index >= 15 is 0 Å². The molecule has 3 aromatic rings. The number of rotatable bonds is 6. The van der Waals surface area contributed by atoms with Crippen LogP contribution in [0.4, 0.5) is 0 Å². The van der Waals surface area contributed by atoms with E-state index in [1.54, 1.807) is 25.0 Å². The third kappa shape index (κ3) is 3.43.